The molecule has 0 saturated heterocycles. The standard InChI is InChI=1S/C11H16N4S/c1-4-9-8(7-15(3)14-9)10(12-2)11-13-5-6-16-11/h5-7,10,12H,4H2,1-3H3. The van der Waals surface area contributed by atoms with Crippen LogP contribution in [0.15, 0.2) is 17.8 Å². The molecular weight excluding hydrogens is 220 g/mol. The molecule has 4 nitrogen and oxygen atoms in total. The Labute approximate surface area is 99.3 Å². The van der Waals surface area contributed by atoms with Crippen LogP contribution in [0.3, 0.4) is 0 Å². The van der Waals surface area contributed by atoms with Gasteiger partial charge >= 0.3 is 0 Å². The molecule has 2 aromatic heterocycles. The highest BCUT2D eigenvalue weighted by molar-refractivity contribution is 7.09. The molecule has 2 aromatic rings. The molecule has 0 aromatic carbocycles. The number of nitrogens with zero attached hydrogens (tertiary/aromatic N) is 3. The van der Waals surface area contributed by atoms with E-state index in [0.717, 1.165) is 17.1 Å². The summed E-state index contributed by atoms with van der Waals surface area (Å²) in [5, 5.41) is 10.9. The Balaban J connectivity index is 2.40. The first kappa shape index (κ1) is 11.3. The van der Waals surface area contributed by atoms with Crippen LogP contribution in [0, 0.1) is 0 Å². The van der Waals surface area contributed by atoms with E-state index in [-0.39, 0.29) is 6.04 Å². The molecule has 2 heterocycles. The molecule has 0 amide bonds. The van der Waals surface area contributed by atoms with Crippen molar-refractivity contribution in [2.24, 2.45) is 7.05 Å². The Hall–Kier alpha value is -1.20. The molecule has 0 aliphatic carbocycles. The SMILES string of the molecule is CCc1nn(C)cc1C(NC)c1nccs1. The molecule has 1 N–H and O–H groups in total. The highest BCUT2D eigenvalue weighted by Crippen LogP contribution is 2.25. The predicted octanol–water partition coefficient (Wildman–Crippen LogP) is 1.75. The van der Waals surface area contributed by atoms with Crippen LogP contribution in [0.1, 0.15) is 29.2 Å². The van der Waals surface area contributed by atoms with Gasteiger partial charge in [-0.05, 0) is 13.5 Å². The van der Waals surface area contributed by atoms with E-state index in [0.29, 0.717) is 0 Å². The van der Waals surface area contributed by atoms with E-state index in [9.17, 15) is 0 Å². The maximum absolute atomic E-state index is 4.46. The fourth-order valence-electron chi connectivity index (χ4n) is 1.86. The van der Waals surface area contributed by atoms with Crippen molar-refractivity contribution < 1.29 is 0 Å². The summed E-state index contributed by atoms with van der Waals surface area (Å²) in [5.74, 6) is 0. The van der Waals surface area contributed by atoms with Crippen molar-refractivity contribution in [3.05, 3.63) is 34.0 Å². The molecule has 0 saturated carbocycles. The van der Waals surface area contributed by atoms with E-state index >= 15 is 0 Å². The smallest absolute Gasteiger partial charge is 0.114 e. The number of aromatic nitrogens is 3. The third-order valence-corrected chi connectivity index (χ3v) is 3.41. The molecule has 0 radical (unpaired) electrons. The van der Waals surface area contributed by atoms with Crippen molar-refractivity contribution in [1.29, 1.82) is 0 Å². The Morgan fingerprint density at radius 3 is 2.94 bits per heavy atom. The maximum atomic E-state index is 4.46. The second-order valence-corrected chi connectivity index (χ2v) is 4.58. The molecule has 1 unspecified atom stereocenters. The number of aryl methyl sites for hydroxylation is 2. The number of hydrogen-bond acceptors (Lipinski definition) is 4. The number of rotatable bonds is 4. The van der Waals surface area contributed by atoms with Crippen LogP contribution in [-0.4, -0.2) is 21.8 Å². The number of hydrogen-bond donors (Lipinski definition) is 1. The van der Waals surface area contributed by atoms with Crippen molar-refractivity contribution >= 4 is 11.3 Å². The van der Waals surface area contributed by atoms with Crippen molar-refractivity contribution in [2.45, 2.75) is 19.4 Å². The van der Waals surface area contributed by atoms with E-state index in [4.69, 9.17) is 0 Å². The molecule has 86 valence electrons. The van der Waals surface area contributed by atoms with Crippen LogP contribution in [0.2, 0.25) is 0 Å². The van der Waals surface area contributed by atoms with Gasteiger partial charge in [-0.25, -0.2) is 4.98 Å². The summed E-state index contributed by atoms with van der Waals surface area (Å²) < 4.78 is 1.87. The monoisotopic (exact) mass is 236 g/mol. The first-order valence-electron chi connectivity index (χ1n) is 5.35. The van der Waals surface area contributed by atoms with Crippen LogP contribution in [-0.2, 0) is 13.5 Å². The van der Waals surface area contributed by atoms with Crippen LogP contribution >= 0.6 is 11.3 Å². The van der Waals surface area contributed by atoms with E-state index < -0.39 is 0 Å². The average molecular weight is 236 g/mol. The molecule has 0 fully saturated rings. The van der Waals surface area contributed by atoms with Crippen LogP contribution in [0.4, 0.5) is 0 Å². The topological polar surface area (TPSA) is 42.7 Å². The van der Waals surface area contributed by atoms with Crippen molar-refractivity contribution in [1.82, 2.24) is 20.1 Å². The first-order chi connectivity index (χ1) is 7.76. The lowest BCUT2D eigenvalue weighted by Crippen LogP contribution is -2.18. The van der Waals surface area contributed by atoms with E-state index in [2.05, 4.69) is 28.5 Å². The summed E-state index contributed by atoms with van der Waals surface area (Å²) in [6, 6.07) is 0.156. The molecule has 16 heavy (non-hydrogen) atoms. The quantitative estimate of drug-likeness (QED) is 0.879. The minimum atomic E-state index is 0.156. The second kappa shape index (κ2) is 4.76. The third kappa shape index (κ3) is 2.01. The summed E-state index contributed by atoms with van der Waals surface area (Å²) in [5.41, 5.74) is 2.36. The van der Waals surface area contributed by atoms with Gasteiger partial charge in [0.2, 0.25) is 0 Å². The predicted molar refractivity (Wildman–Crippen MR) is 65.6 cm³/mol. The van der Waals surface area contributed by atoms with E-state index in [1.165, 1.54) is 5.56 Å². The highest BCUT2D eigenvalue weighted by atomic mass is 32.1. The van der Waals surface area contributed by atoms with Gasteiger partial charge in [-0.15, -0.1) is 11.3 Å². The van der Waals surface area contributed by atoms with Gasteiger partial charge in [-0.2, -0.15) is 5.10 Å². The Morgan fingerprint density at radius 1 is 1.56 bits per heavy atom. The second-order valence-electron chi connectivity index (χ2n) is 3.65. The summed E-state index contributed by atoms with van der Waals surface area (Å²) in [7, 11) is 3.91. The summed E-state index contributed by atoms with van der Waals surface area (Å²) in [4.78, 5) is 4.37. The van der Waals surface area contributed by atoms with Crippen LogP contribution in [0.25, 0.3) is 0 Å². The zero-order valence-electron chi connectivity index (χ0n) is 9.77. The molecule has 0 bridgehead atoms. The third-order valence-electron chi connectivity index (χ3n) is 2.57. The zero-order valence-corrected chi connectivity index (χ0v) is 10.6. The lowest BCUT2D eigenvalue weighted by atomic mass is 10.1. The highest BCUT2D eigenvalue weighted by Gasteiger charge is 2.19. The Morgan fingerprint density at radius 2 is 2.38 bits per heavy atom. The van der Waals surface area contributed by atoms with Gasteiger partial charge in [0.05, 0.1) is 11.7 Å². The largest absolute Gasteiger partial charge is 0.307 e. The lowest BCUT2D eigenvalue weighted by molar-refractivity contribution is 0.678. The number of nitrogens with one attached hydrogen (secondary N) is 1. The zero-order chi connectivity index (χ0) is 11.5. The van der Waals surface area contributed by atoms with Gasteiger partial charge in [0.1, 0.15) is 5.01 Å². The fraction of sp³-hybridized carbons (Fsp3) is 0.455. The molecule has 0 spiro atoms. The minimum Gasteiger partial charge on any atom is -0.307 e. The van der Waals surface area contributed by atoms with E-state index in [1.807, 2.05) is 30.4 Å². The van der Waals surface area contributed by atoms with Gasteiger partial charge in [0.15, 0.2) is 0 Å². The van der Waals surface area contributed by atoms with Gasteiger partial charge in [0.25, 0.3) is 0 Å². The average Bonchev–Trinajstić information content (AvgIpc) is 2.89. The van der Waals surface area contributed by atoms with E-state index in [1.54, 1.807) is 11.3 Å². The maximum Gasteiger partial charge on any atom is 0.114 e. The molecule has 5 heteroatoms. The van der Waals surface area contributed by atoms with Crippen molar-refractivity contribution in [3.8, 4) is 0 Å². The van der Waals surface area contributed by atoms with Crippen LogP contribution < -0.4 is 5.32 Å². The Bertz CT molecular complexity index is 447. The summed E-state index contributed by atoms with van der Waals surface area (Å²) >= 11 is 1.67. The lowest BCUT2D eigenvalue weighted by Gasteiger charge is -2.12. The van der Waals surface area contributed by atoms with Crippen molar-refractivity contribution in [2.75, 3.05) is 7.05 Å². The van der Waals surface area contributed by atoms with Gasteiger partial charge in [-0.1, -0.05) is 6.92 Å². The minimum absolute atomic E-state index is 0.156. The van der Waals surface area contributed by atoms with Gasteiger partial charge in [0, 0.05) is 30.4 Å². The Kier molecular flexibility index (Phi) is 3.36. The molecule has 2 rings (SSSR count). The molecule has 0 aliphatic heterocycles. The first-order valence-corrected chi connectivity index (χ1v) is 6.23. The molecule has 1 atom stereocenters. The van der Waals surface area contributed by atoms with Gasteiger partial charge < -0.3 is 5.32 Å². The summed E-state index contributed by atoms with van der Waals surface area (Å²) in [6.07, 6.45) is 4.85. The number of thiazole rings is 1. The molecular formula is C11H16N4S. The van der Waals surface area contributed by atoms with Crippen LogP contribution in [0.5, 0.6) is 0 Å². The van der Waals surface area contributed by atoms with Gasteiger partial charge in [-0.3, -0.25) is 4.68 Å². The molecule has 0 aliphatic rings. The van der Waals surface area contributed by atoms with Crippen molar-refractivity contribution in [3.63, 3.8) is 0 Å². The fourth-order valence-corrected chi connectivity index (χ4v) is 2.62. The summed E-state index contributed by atoms with van der Waals surface area (Å²) in [6.45, 7) is 2.13. The normalized spacial score (nSPS) is 12.9.